The van der Waals surface area contributed by atoms with Crippen LogP contribution in [0.2, 0.25) is 0 Å². The van der Waals surface area contributed by atoms with Crippen LogP contribution in [0.25, 0.3) is 11.0 Å². The maximum Gasteiger partial charge on any atom is 0.407 e. The number of anilines is 1. The topological polar surface area (TPSA) is 125 Å². The molecule has 9 nitrogen and oxygen atoms in total. The lowest BCUT2D eigenvalue weighted by Crippen LogP contribution is -2.28. The number of hydrogen-bond donors (Lipinski definition) is 4. The van der Waals surface area contributed by atoms with Gasteiger partial charge in [0.1, 0.15) is 11.9 Å². The maximum atomic E-state index is 12.5. The molecule has 1 aliphatic carbocycles. The highest BCUT2D eigenvalue weighted by molar-refractivity contribution is 5.92. The third-order valence-corrected chi connectivity index (χ3v) is 5.51. The molecule has 4 N–H and O–H groups in total. The molecule has 1 fully saturated rings. The summed E-state index contributed by atoms with van der Waals surface area (Å²) in [4.78, 5) is 31.8. The van der Waals surface area contributed by atoms with Crippen LogP contribution in [-0.4, -0.2) is 44.8 Å². The molecule has 0 unspecified atom stereocenters. The zero-order valence-corrected chi connectivity index (χ0v) is 17.8. The number of fused-ring (bicyclic) bond motifs is 1. The second-order valence-corrected chi connectivity index (χ2v) is 8.07. The number of carbonyl (C=O) groups excluding carboxylic acids is 2. The highest BCUT2D eigenvalue weighted by Crippen LogP contribution is 2.35. The van der Waals surface area contributed by atoms with Crippen LogP contribution in [0.1, 0.15) is 55.6 Å². The third-order valence-electron chi connectivity index (χ3n) is 5.51. The lowest BCUT2D eigenvalue weighted by atomic mass is 10.0. The van der Waals surface area contributed by atoms with Crippen LogP contribution in [-0.2, 0) is 16.0 Å². The maximum absolute atomic E-state index is 12.5. The summed E-state index contributed by atoms with van der Waals surface area (Å²) in [6, 6.07) is 7.63. The van der Waals surface area contributed by atoms with Gasteiger partial charge in [0.05, 0.1) is 17.5 Å². The smallest absolute Gasteiger partial charge is 0.407 e. The molecule has 0 spiro atoms. The van der Waals surface area contributed by atoms with Crippen LogP contribution in [0.15, 0.2) is 24.3 Å². The molecule has 2 aromatic heterocycles. The van der Waals surface area contributed by atoms with Gasteiger partial charge in [-0.05, 0) is 50.3 Å². The van der Waals surface area contributed by atoms with Crippen molar-refractivity contribution in [1.29, 1.82) is 0 Å². The number of carbonyl (C=O) groups is 2. The molecule has 2 amide bonds. The molecule has 164 valence electrons. The normalized spacial score (nSPS) is 18.3. The van der Waals surface area contributed by atoms with Crippen molar-refractivity contribution in [1.82, 2.24) is 25.5 Å². The molecule has 1 saturated carbocycles. The Kier molecular flexibility index (Phi) is 6.20. The number of H-pyrrole nitrogens is 2. The van der Waals surface area contributed by atoms with Crippen molar-refractivity contribution < 1.29 is 14.3 Å². The predicted molar refractivity (Wildman–Crippen MR) is 117 cm³/mol. The number of aromatic nitrogens is 4. The van der Waals surface area contributed by atoms with Crippen molar-refractivity contribution in [3.63, 3.8) is 0 Å². The van der Waals surface area contributed by atoms with E-state index < -0.39 is 0 Å². The fourth-order valence-corrected chi connectivity index (χ4v) is 4.03. The van der Waals surface area contributed by atoms with E-state index in [0.717, 1.165) is 53.8 Å². The Hall–Kier alpha value is -3.36. The molecule has 0 bridgehead atoms. The Morgan fingerprint density at radius 3 is 2.97 bits per heavy atom. The number of ether oxygens (including phenoxy) is 1. The first-order valence-corrected chi connectivity index (χ1v) is 10.7. The molecule has 0 radical (unpaired) electrons. The van der Waals surface area contributed by atoms with Gasteiger partial charge in [0.2, 0.25) is 5.91 Å². The van der Waals surface area contributed by atoms with Crippen LogP contribution in [0.5, 0.6) is 0 Å². The van der Waals surface area contributed by atoms with Crippen LogP contribution >= 0.6 is 0 Å². The Morgan fingerprint density at radius 1 is 1.26 bits per heavy atom. The van der Waals surface area contributed by atoms with Crippen molar-refractivity contribution in [3.8, 4) is 0 Å². The molecule has 2 heterocycles. The standard InChI is InChI=1S/C22H28N6O3/c1-3-8-23-22(30)31-16-6-5-15(11-16)18-12-20(28-27-18)26-21(29)10-14-4-7-17-19(9-14)25-13(2)24-17/h4,7,9,12,15-16H,3,5-6,8,10-11H2,1-2H3,(H,23,30)(H,24,25)(H2,26,27,28,29)/t15-,16+/m1/s1. The Balaban J connectivity index is 1.29. The quantitative estimate of drug-likeness (QED) is 0.462. The highest BCUT2D eigenvalue weighted by atomic mass is 16.6. The van der Waals surface area contributed by atoms with E-state index in [4.69, 9.17) is 4.74 Å². The van der Waals surface area contributed by atoms with Crippen molar-refractivity contribution in [2.75, 3.05) is 11.9 Å². The number of nitrogens with one attached hydrogen (secondary N) is 4. The number of amides is 2. The summed E-state index contributed by atoms with van der Waals surface area (Å²) in [6.07, 6.45) is 3.16. The summed E-state index contributed by atoms with van der Waals surface area (Å²) < 4.78 is 5.47. The Bertz CT molecular complexity index is 1070. The number of imidazole rings is 1. The molecule has 0 saturated heterocycles. The molecule has 31 heavy (non-hydrogen) atoms. The average molecular weight is 425 g/mol. The van der Waals surface area contributed by atoms with Gasteiger partial charge < -0.3 is 20.4 Å². The first-order valence-electron chi connectivity index (χ1n) is 10.7. The SMILES string of the molecule is CCCNC(=O)O[C@H]1CC[C@@H](c2cc(NC(=O)Cc3ccc4nc(C)[nH]c4c3)n[nH]2)C1. The minimum Gasteiger partial charge on any atom is -0.446 e. The predicted octanol–water partition coefficient (Wildman–Crippen LogP) is 3.55. The van der Waals surface area contributed by atoms with Gasteiger partial charge in [0.25, 0.3) is 0 Å². The number of nitrogens with zero attached hydrogens (tertiary/aromatic N) is 2. The number of benzene rings is 1. The minimum absolute atomic E-state index is 0.0933. The van der Waals surface area contributed by atoms with Crippen LogP contribution < -0.4 is 10.6 Å². The summed E-state index contributed by atoms with van der Waals surface area (Å²) in [5, 5.41) is 12.8. The lowest BCUT2D eigenvalue weighted by Gasteiger charge is -2.12. The zero-order valence-electron chi connectivity index (χ0n) is 17.8. The second-order valence-electron chi connectivity index (χ2n) is 8.07. The number of rotatable bonds is 7. The number of aryl methyl sites for hydroxylation is 1. The van der Waals surface area contributed by atoms with Gasteiger partial charge in [-0.25, -0.2) is 9.78 Å². The van der Waals surface area contributed by atoms with Gasteiger partial charge >= 0.3 is 6.09 Å². The van der Waals surface area contributed by atoms with Crippen molar-refractivity contribution >= 4 is 28.9 Å². The fourth-order valence-electron chi connectivity index (χ4n) is 4.03. The van der Waals surface area contributed by atoms with Crippen molar-refractivity contribution in [3.05, 3.63) is 41.3 Å². The molecular weight excluding hydrogens is 396 g/mol. The average Bonchev–Trinajstić information content (AvgIpc) is 3.45. The van der Waals surface area contributed by atoms with Gasteiger partial charge in [-0.2, -0.15) is 5.10 Å². The van der Waals surface area contributed by atoms with Crippen molar-refractivity contribution in [2.45, 2.75) is 58.0 Å². The number of aromatic amines is 2. The summed E-state index contributed by atoms with van der Waals surface area (Å²) in [7, 11) is 0. The minimum atomic E-state index is -0.353. The van der Waals surface area contributed by atoms with E-state index in [9.17, 15) is 9.59 Å². The third kappa shape index (κ3) is 5.22. The molecule has 1 aromatic carbocycles. The van der Waals surface area contributed by atoms with E-state index in [1.165, 1.54) is 0 Å². The van der Waals surface area contributed by atoms with Crippen LogP contribution in [0, 0.1) is 6.92 Å². The summed E-state index contributed by atoms with van der Waals surface area (Å²) in [5.41, 5.74) is 3.66. The molecule has 9 heteroatoms. The molecular formula is C22H28N6O3. The fraction of sp³-hybridized carbons (Fsp3) is 0.455. The largest absolute Gasteiger partial charge is 0.446 e. The first-order chi connectivity index (χ1) is 15.0. The second kappa shape index (κ2) is 9.20. The van der Waals surface area contributed by atoms with Crippen LogP contribution in [0.4, 0.5) is 10.6 Å². The van der Waals surface area contributed by atoms with Gasteiger partial charge in [-0.3, -0.25) is 9.89 Å². The van der Waals surface area contributed by atoms with Gasteiger partial charge in [0.15, 0.2) is 5.82 Å². The van der Waals surface area contributed by atoms with E-state index in [1.54, 1.807) is 0 Å². The Morgan fingerprint density at radius 2 is 2.13 bits per heavy atom. The number of alkyl carbamates (subject to hydrolysis) is 1. The van der Waals surface area contributed by atoms with Crippen LogP contribution in [0.3, 0.4) is 0 Å². The molecule has 0 aliphatic heterocycles. The monoisotopic (exact) mass is 424 g/mol. The van der Waals surface area contributed by atoms with Crippen molar-refractivity contribution in [2.24, 2.45) is 0 Å². The summed E-state index contributed by atoms with van der Waals surface area (Å²) in [6.45, 7) is 4.52. The number of hydrogen-bond acceptors (Lipinski definition) is 5. The first kappa shape index (κ1) is 20.9. The molecule has 4 rings (SSSR count). The molecule has 1 aliphatic rings. The van der Waals surface area contributed by atoms with E-state index in [1.807, 2.05) is 38.1 Å². The molecule has 2 atom stereocenters. The highest BCUT2D eigenvalue weighted by Gasteiger charge is 2.30. The summed E-state index contributed by atoms with van der Waals surface area (Å²) in [5.74, 6) is 1.45. The lowest BCUT2D eigenvalue weighted by molar-refractivity contribution is -0.115. The molecule has 3 aromatic rings. The van der Waals surface area contributed by atoms with E-state index in [-0.39, 0.29) is 30.4 Å². The van der Waals surface area contributed by atoms with Gasteiger partial charge in [-0.1, -0.05) is 13.0 Å². The zero-order chi connectivity index (χ0) is 21.8. The summed E-state index contributed by atoms with van der Waals surface area (Å²) >= 11 is 0. The van der Waals surface area contributed by atoms with Gasteiger partial charge in [-0.15, -0.1) is 0 Å². The Labute approximate surface area is 180 Å². The van der Waals surface area contributed by atoms with E-state index >= 15 is 0 Å². The van der Waals surface area contributed by atoms with E-state index in [0.29, 0.717) is 12.4 Å². The van der Waals surface area contributed by atoms with Gasteiger partial charge in [0, 0.05) is 24.2 Å². The van der Waals surface area contributed by atoms with E-state index in [2.05, 4.69) is 30.8 Å².